The van der Waals surface area contributed by atoms with Gasteiger partial charge in [-0.05, 0) is 51.8 Å². The van der Waals surface area contributed by atoms with Crippen LogP contribution < -0.4 is 0 Å². The molecule has 1 N–H and O–H groups in total. The van der Waals surface area contributed by atoms with Gasteiger partial charge in [0, 0.05) is 16.7 Å². The molecule has 0 saturated carbocycles. The molecule has 25 heavy (non-hydrogen) atoms. The number of imidazole rings is 1. The van der Waals surface area contributed by atoms with Gasteiger partial charge in [-0.15, -0.1) is 0 Å². The lowest BCUT2D eigenvalue weighted by molar-refractivity contribution is 0.212. The maximum Gasteiger partial charge on any atom is 0.208 e. The number of nitrogens with zero attached hydrogens (tertiary/aromatic N) is 2. The topological polar surface area (TPSA) is 38.1 Å². The van der Waals surface area contributed by atoms with Gasteiger partial charge in [0.2, 0.25) is 5.28 Å². The second kappa shape index (κ2) is 6.99. The number of halogens is 6. The van der Waals surface area contributed by atoms with E-state index in [0.29, 0.717) is 6.07 Å². The highest BCUT2D eigenvalue weighted by atomic mass is 79.9. The Kier molecular flexibility index (Phi) is 5.11. The summed E-state index contributed by atoms with van der Waals surface area (Å²) in [6.45, 7) is 0. The van der Waals surface area contributed by atoms with E-state index in [0.717, 1.165) is 28.8 Å². The van der Waals surface area contributed by atoms with Crippen molar-refractivity contribution in [2.45, 2.75) is 6.10 Å². The quantitative estimate of drug-likeness (QED) is 0.575. The normalized spacial score (nSPS) is 12.4. The Balaban J connectivity index is 2.20. The van der Waals surface area contributed by atoms with Gasteiger partial charge in [0.1, 0.15) is 28.2 Å². The predicted molar refractivity (Wildman–Crippen MR) is 91.7 cm³/mol. The first kappa shape index (κ1) is 18.3. The smallest absolute Gasteiger partial charge is 0.208 e. The van der Waals surface area contributed by atoms with E-state index < -0.39 is 23.6 Å². The minimum atomic E-state index is -1.40. The number of aromatic nitrogens is 2. The fourth-order valence-corrected chi connectivity index (χ4v) is 3.58. The van der Waals surface area contributed by atoms with E-state index >= 15 is 0 Å². The largest absolute Gasteiger partial charge is 0.382 e. The summed E-state index contributed by atoms with van der Waals surface area (Å²) in [4.78, 5) is 3.95. The Morgan fingerprint density at radius 1 is 1.04 bits per heavy atom. The number of aliphatic hydroxyl groups excluding tert-OH is 1. The molecule has 3 nitrogen and oxygen atoms in total. The Morgan fingerprint density at radius 3 is 2.32 bits per heavy atom. The van der Waals surface area contributed by atoms with Crippen molar-refractivity contribution in [3.05, 3.63) is 80.0 Å². The van der Waals surface area contributed by atoms with Crippen molar-refractivity contribution < 1.29 is 18.3 Å². The molecule has 0 aliphatic rings. The zero-order valence-electron chi connectivity index (χ0n) is 12.2. The maximum absolute atomic E-state index is 14.2. The molecular weight excluding hydrogens is 444 g/mol. The summed E-state index contributed by atoms with van der Waals surface area (Å²) in [6, 6.07) is 6.34. The molecule has 9 heteroatoms. The summed E-state index contributed by atoms with van der Waals surface area (Å²) < 4.78 is 41.8. The minimum Gasteiger partial charge on any atom is -0.382 e. The van der Waals surface area contributed by atoms with Gasteiger partial charge in [-0.2, -0.15) is 0 Å². The van der Waals surface area contributed by atoms with Crippen LogP contribution in [0.15, 0.2) is 41.0 Å². The van der Waals surface area contributed by atoms with Crippen molar-refractivity contribution in [1.82, 2.24) is 9.55 Å². The van der Waals surface area contributed by atoms with Crippen molar-refractivity contribution >= 4 is 39.1 Å². The molecule has 130 valence electrons. The lowest BCUT2D eigenvalue weighted by Crippen LogP contribution is -2.10. The second-order valence-electron chi connectivity index (χ2n) is 5.06. The van der Waals surface area contributed by atoms with Gasteiger partial charge >= 0.3 is 0 Å². The molecule has 3 rings (SSSR count). The third-order valence-electron chi connectivity index (χ3n) is 3.49. The molecule has 0 bridgehead atoms. The van der Waals surface area contributed by atoms with Crippen LogP contribution in [0.1, 0.15) is 17.4 Å². The Morgan fingerprint density at radius 2 is 1.68 bits per heavy atom. The molecule has 3 aromatic rings. The van der Waals surface area contributed by atoms with Crippen LogP contribution in [0, 0.1) is 17.5 Å². The monoisotopic (exact) mass is 450 g/mol. The highest BCUT2D eigenvalue weighted by molar-refractivity contribution is 9.10. The van der Waals surface area contributed by atoms with Gasteiger partial charge in [-0.3, -0.25) is 4.57 Å². The van der Waals surface area contributed by atoms with Crippen LogP contribution in [-0.2, 0) is 0 Å². The van der Waals surface area contributed by atoms with Gasteiger partial charge < -0.3 is 5.11 Å². The van der Waals surface area contributed by atoms with Crippen LogP contribution in [0.5, 0.6) is 0 Å². The average molecular weight is 452 g/mol. The molecule has 0 saturated heterocycles. The molecule has 0 amide bonds. The van der Waals surface area contributed by atoms with Gasteiger partial charge in [-0.25, -0.2) is 18.2 Å². The number of benzene rings is 2. The predicted octanol–water partition coefficient (Wildman–Crippen LogP) is 5.44. The zero-order valence-corrected chi connectivity index (χ0v) is 15.2. The Bertz CT molecular complexity index is 965. The number of hydrogen-bond donors (Lipinski definition) is 1. The summed E-state index contributed by atoms with van der Waals surface area (Å²) in [5, 5.41) is 10.5. The third kappa shape index (κ3) is 3.42. The van der Waals surface area contributed by atoms with Crippen LogP contribution in [0.4, 0.5) is 13.2 Å². The molecule has 0 aliphatic heterocycles. The highest BCUT2D eigenvalue weighted by Gasteiger charge is 2.26. The lowest BCUT2D eigenvalue weighted by atomic mass is 10.1. The van der Waals surface area contributed by atoms with Crippen molar-refractivity contribution in [2.24, 2.45) is 0 Å². The van der Waals surface area contributed by atoms with E-state index in [1.54, 1.807) is 0 Å². The van der Waals surface area contributed by atoms with E-state index in [1.165, 1.54) is 6.07 Å². The van der Waals surface area contributed by atoms with Crippen LogP contribution in [0.2, 0.25) is 10.3 Å². The first-order valence-electron chi connectivity index (χ1n) is 6.81. The summed E-state index contributed by atoms with van der Waals surface area (Å²) in [6.07, 6.45) is -1.40. The van der Waals surface area contributed by atoms with Crippen LogP contribution in [0.3, 0.4) is 0 Å². The summed E-state index contributed by atoms with van der Waals surface area (Å²) in [5.41, 5.74) is 0.116. The molecule has 0 aliphatic carbocycles. The van der Waals surface area contributed by atoms with Gasteiger partial charge in [-0.1, -0.05) is 17.7 Å². The molecule has 1 heterocycles. The SMILES string of the molecule is OC(c1ccc(F)cc1Cl)c1c(Br)nc(Cl)n1-c1ccc(F)cc1F. The zero-order chi connectivity index (χ0) is 18.3. The number of rotatable bonds is 3. The highest BCUT2D eigenvalue weighted by Crippen LogP contribution is 2.36. The molecule has 0 radical (unpaired) electrons. The molecule has 1 atom stereocenters. The van der Waals surface area contributed by atoms with E-state index in [-0.39, 0.29) is 31.9 Å². The molecular formula is C16H8BrCl2F3N2O. The van der Waals surface area contributed by atoms with Crippen molar-refractivity contribution in [2.75, 3.05) is 0 Å². The lowest BCUT2D eigenvalue weighted by Gasteiger charge is -2.17. The van der Waals surface area contributed by atoms with Crippen molar-refractivity contribution in [3.63, 3.8) is 0 Å². The van der Waals surface area contributed by atoms with E-state index in [1.807, 2.05) is 0 Å². The summed E-state index contributed by atoms with van der Waals surface area (Å²) in [5.74, 6) is -2.23. The molecule has 0 spiro atoms. The van der Waals surface area contributed by atoms with Gasteiger partial charge in [0.25, 0.3) is 0 Å². The number of hydrogen-bond acceptors (Lipinski definition) is 2. The van der Waals surface area contributed by atoms with E-state index in [2.05, 4.69) is 20.9 Å². The fourth-order valence-electron chi connectivity index (χ4n) is 2.38. The third-order valence-corrected chi connectivity index (χ3v) is 4.66. The van der Waals surface area contributed by atoms with Crippen LogP contribution in [0.25, 0.3) is 5.69 Å². The molecule has 1 unspecified atom stereocenters. The fraction of sp³-hybridized carbons (Fsp3) is 0.0625. The second-order valence-corrected chi connectivity index (χ2v) is 6.55. The van der Waals surface area contributed by atoms with Crippen molar-refractivity contribution in [1.29, 1.82) is 0 Å². The van der Waals surface area contributed by atoms with Crippen LogP contribution >= 0.6 is 39.1 Å². The number of aliphatic hydroxyl groups is 1. The molecule has 2 aromatic carbocycles. The average Bonchev–Trinajstić information content (AvgIpc) is 2.81. The van der Waals surface area contributed by atoms with Gasteiger partial charge in [0.05, 0.1) is 11.4 Å². The first-order valence-corrected chi connectivity index (χ1v) is 8.36. The first-order chi connectivity index (χ1) is 11.8. The Hall–Kier alpha value is -1.54. The molecule has 0 fully saturated rings. The van der Waals surface area contributed by atoms with Crippen LogP contribution in [-0.4, -0.2) is 14.7 Å². The van der Waals surface area contributed by atoms with Crippen molar-refractivity contribution in [3.8, 4) is 5.69 Å². The Labute approximate surface area is 158 Å². The summed E-state index contributed by atoms with van der Waals surface area (Å²) in [7, 11) is 0. The van der Waals surface area contributed by atoms with Gasteiger partial charge in [0.15, 0.2) is 0 Å². The van der Waals surface area contributed by atoms with E-state index in [9.17, 15) is 18.3 Å². The summed E-state index contributed by atoms with van der Waals surface area (Å²) >= 11 is 15.2. The maximum atomic E-state index is 14.2. The van der Waals surface area contributed by atoms with E-state index in [4.69, 9.17) is 23.2 Å². The minimum absolute atomic E-state index is 0.0251. The standard InChI is InChI=1S/C16H8BrCl2F3N2O/c17-15-13(14(25)9-3-1-7(20)5-10(9)18)24(16(19)23-15)12-4-2-8(21)6-11(12)22/h1-6,14,25H. The molecule has 1 aromatic heterocycles.